The van der Waals surface area contributed by atoms with Gasteiger partial charge < -0.3 is 4.52 Å². The van der Waals surface area contributed by atoms with Crippen molar-refractivity contribution in [1.82, 2.24) is 15.1 Å². The van der Waals surface area contributed by atoms with E-state index in [1.807, 2.05) is 61.5 Å². The fourth-order valence-corrected chi connectivity index (χ4v) is 3.27. The van der Waals surface area contributed by atoms with Crippen molar-refractivity contribution in [2.75, 3.05) is 0 Å². The largest absolute Gasteiger partial charge is 0.334 e. The lowest BCUT2D eigenvalue weighted by Gasteiger charge is -2.07. The van der Waals surface area contributed by atoms with Crippen molar-refractivity contribution in [3.8, 4) is 34.1 Å². The summed E-state index contributed by atoms with van der Waals surface area (Å²) in [5.41, 5.74) is 5.19. The average Bonchev–Trinajstić information content (AvgIpc) is 3.24. The van der Waals surface area contributed by atoms with E-state index in [2.05, 4.69) is 10.1 Å². The summed E-state index contributed by atoms with van der Waals surface area (Å²) in [5.74, 6) is 0.668. The zero-order chi connectivity index (χ0) is 19.8. The first-order chi connectivity index (χ1) is 14.2. The van der Waals surface area contributed by atoms with Gasteiger partial charge in [-0.05, 0) is 43.3 Å². The number of fused-ring (bicyclic) bond motifs is 1. The zero-order valence-electron chi connectivity index (χ0n) is 15.6. The van der Waals surface area contributed by atoms with E-state index < -0.39 is 0 Å². The fraction of sp³-hybridized carbons (Fsp3) is 0.0417. The summed E-state index contributed by atoms with van der Waals surface area (Å²) in [7, 11) is 0. The van der Waals surface area contributed by atoms with Crippen LogP contribution in [-0.2, 0) is 0 Å². The molecule has 5 aromatic rings. The molecule has 0 unspecified atom stereocenters. The number of pyridine rings is 1. The van der Waals surface area contributed by atoms with E-state index in [0.717, 1.165) is 27.6 Å². The summed E-state index contributed by atoms with van der Waals surface area (Å²) >= 11 is 0. The number of aryl methyl sites for hydroxylation is 1. The molecule has 0 N–H and O–H groups in total. The van der Waals surface area contributed by atoms with Gasteiger partial charge in [0.2, 0.25) is 5.82 Å². The molecule has 0 amide bonds. The molecule has 2 heterocycles. The van der Waals surface area contributed by atoms with Crippen molar-refractivity contribution >= 4 is 10.9 Å². The topological polar surface area (TPSA) is 51.8 Å². The number of hydrogen-bond acceptors (Lipinski definition) is 4. The van der Waals surface area contributed by atoms with Gasteiger partial charge in [-0.1, -0.05) is 53.2 Å². The Hall–Kier alpha value is -3.86. The Morgan fingerprint density at radius 3 is 2.31 bits per heavy atom. The second-order valence-corrected chi connectivity index (χ2v) is 6.87. The highest BCUT2D eigenvalue weighted by molar-refractivity contribution is 5.94. The highest BCUT2D eigenvalue weighted by Crippen LogP contribution is 2.32. The van der Waals surface area contributed by atoms with Gasteiger partial charge in [-0.25, -0.2) is 9.37 Å². The molecule has 0 saturated carbocycles. The van der Waals surface area contributed by atoms with Gasteiger partial charge in [0.05, 0.1) is 16.8 Å². The van der Waals surface area contributed by atoms with Gasteiger partial charge >= 0.3 is 0 Å². The molecule has 0 fully saturated rings. The molecule has 0 atom stereocenters. The predicted octanol–water partition coefficient (Wildman–Crippen LogP) is 6.07. The van der Waals surface area contributed by atoms with E-state index in [1.165, 1.54) is 17.7 Å². The zero-order valence-corrected chi connectivity index (χ0v) is 15.6. The molecule has 0 bridgehead atoms. The van der Waals surface area contributed by atoms with Gasteiger partial charge in [0, 0.05) is 16.5 Å². The normalized spacial score (nSPS) is 11.1. The lowest BCUT2D eigenvalue weighted by Crippen LogP contribution is -1.90. The molecule has 140 valence electrons. The van der Waals surface area contributed by atoms with Crippen molar-refractivity contribution < 1.29 is 8.91 Å². The minimum absolute atomic E-state index is 0.283. The van der Waals surface area contributed by atoms with E-state index in [4.69, 9.17) is 9.51 Å². The van der Waals surface area contributed by atoms with Crippen molar-refractivity contribution in [1.29, 1.82) is 0 Å². The Kier molecular flexibility index (Phi) is 4.13. The Balaban J connectivity index is 1.66. The first-order valence-electron chi connectivity index (χ1n) is 9.24. The van der Waals surface area contributed by atoms with Crippen molar-refractivity contribution in [2.45, 2.75) is 6.92 Å². The number of halogens is 1. The number of rotatable bonds is 3. The third-order valence-electron chi connectivity index (χ3n) is 4.82. The summed E-state index contributed by atoms with van der Waals surface area (Å²) in [5, 5.41) is 5.07. The molecule has 0 radical (unpaired) electrons. The highest BCUT2D eigenvalue weighted by atomic mass is 19.1. The molecule has 0 saturated heterocycles. The number of nitrogens with zero attached hydrogens (tertiary/aromatic N) is 3. The standard InChI is InChI=1S/C24H16FN3O/c1-15-6-8-17(9-7-15)23-27-24(29-28-23)20-14-22(16-10-12-18(25)13-11-16)26-21-5-3-2-4-19(20)21/h2-14H,1H3. The smallest absolute Gasteiger partial charge is 0.259 e. The first-order valence-corrected chi connectivity index (χ1v) is 9.24. The minimum atomic E-state index is -0.283. The van der Waals surface area contributed by atoms with Gasteiger partial charge in [0.1, 0.15) is 5.82 Å². The molecule has 2 aromatic heterocycles. The summed E-state index contributed by atoms with van der Waals surface area (Å²) in [6.45, 7) is 2.03. The quantitative estimate of drug-likeness (QED) is 0.381. The molecule has 0 aliphatic heterocycles. The van der Waals surface area contributed by atoms with Crippen molar-refractivity contribution in [3.63, 3.8) is 0 Å². The SMILES string of the molecule is Cc1ccc(-c2noc(-c3cc(-c4ccc(F)cc4)nc4ccccc34)n2)cc1. The molecule has 5 rings (SSSR count). The van der Waals surface area contributed by atoms with Crippen LogP contribution < -0.4 is 0 Å². The van der Waals surface area contributed by atoms with Gasteiger partial charge in [-0.15, -0.1) is 0 Å². The van der Waals surface area contributed by atoms with Crippen LogP contribution in [0, 0.1) is 12.7 Å². The van der Waals surface area contributed by atoms with E-state index >= 15 is 0 Å². The summed E-state index contributed by atoms with van der Waals surface area (Å²) in [6, 6.07) is 23.9. The number of benzene rings is 3. The number of para-hydroxylation sites is 1. The third kappa shape index (κ3) is 3.27. The molecular formula is C24H16FN3O. The van der Waals surface area contributed by atoms with E-state index in [9.17, 15) is 4.39 Å². The maximum absolute atomic E-state index is 13.3. The van der Waals surface area contributed by atoms with Crippen LogP contribution in [0.3, 0.4) is 0 Å². The average molecular weight is 381 g/mol. The van der Waals surface area contributed by atoms with Crippen LogP contribution in [0.25, 0.3) is 45.0 Å². The van der Waals surface area contributed by atoms with Gasteiger partial charge in [0.25, 0.3) is 5.89 Å². The van der Waals surface area contributed by atoms with Crippen LogP contribution in [0.5, 0.6) is 0 Å². The molecule has 29 heavy (non-hydrogen) atoms. The molecule has 5 heteroatoms. The van der Waals surface area contributed by atoms with Gasteiger partial charge in [-0.3, -0.25) is 0 Å². The minimum Gasteiger partial charge on any atom is -0.334 e. The molecular weight excluding hydrogens is 365 g/mol. The molecule has 4 nitrogen and oxygen atoms in total. The molecule has 0 spiro atoms. The Bertz CT molecular complexity index is 1310. The van der Waals surface area contributed by atoms with Gasteiger partial charge in [-0.2, -0.15) is 4.98 Å². The first kappa shape index (κ1) is 17.3. The van der Waals surface area contributed by atoms with Crippen molar-refractivity contribution in [3.05, 3.63) is 90.2 Å². The number of aromatic nitrogens is 3. The maximum atomic E-state index is 13.3. The highest BCUT2D eigenvalue weighted by Gasteiger charge is 2.16. The van der Waals surface area contributed by atoms with Crippen LogP contribution in [0.1, 0.15) is 5.56 Å². The van der Waals surface area contributed by atoms with Gasteiger partial charge in [0.15, 0.2) is 0 Å². The maximum Gasteiger partial charge on any atom is 0.259 e. The number of hydrogen-bond donors (Lipinski definition) is 0. The van der Waals surface area contributed by atoms with E-state index in [-0.39, 0.29) is 5.82 Å². The summed E-state index contributed by atoms with van der Waals surface area (Å²) < 4.78 is 18.9. The Morgan fingerprint density at radius 2 is 1.52 bits per heavy atom. The molecule has 0 aliphatic rings. The van der Waals surface area contributed by atoms with Crippen LogP contribution in [-0.4, -0.2) is 15.1 Å². The van der Waals surface area contributed by atoms with Crippen molar-refractivity contribution in [2.24, 2.45) is 0 Å². The lowest BCUT2D eigenvalue weighted by molar-refractivity contribution is 0.432. The second-order valence-electron chi connectivity index (χ2n) is 6.87. The van der Waals surface area contributed by atoms with E-state index in [1.54, 1.807) is 12.1 Å². The fourth-order valence-electron chi connectivity index (χ4n) is 3.27. The summed E-state index contributed by atoms with van der Waals surface area (Å²) in [4.78, 5) is 9.34. The predicted molar refractivity (Wildman–Crippen MR) is 111 cm³/mol. The second kappa shape index (κ2) is 6.95. The van der Waals surface area contributed by atoms with E-state index in [0.29, 0.717) is 17.4 Å². The van der Waals surface area contributed by atoms with Crippen LogP contribution in [0.2, 0.25) is 0 Å². The Labute approximate surface area is 166 Å². The third-order valence-corrected chi connectivity index (χ3v) is 4.82. The monoisotopic (exact) mass is 381 g/mol. The van der Waals surface area contributed by atoms with Crippen LogP contribution >= 0.6 is 0 Å². The molecule has 0 aliphatic carbocycles. The lowest BCUT2D eigenvalue weighted by atomic mass is 10.0. The van der Waals surface area contributed by atoms with Crippen LogP contribution in [0.4, 0.5) is 4.39 Å². The molecule has 3 aromatic carbocycles. The summed E-state index contributed by atoms with van der Waals surface area (Å²) in [6.07, 6.45) is 0. The van der Waals surface area contributed by atoms with Crippen LogP contribution in [0.15, 0.2) is 83.4 Å². The Morgan fingerprint density at radius 1 is 0.793 bits per heavy atom.